The summed E-state index contributed by atoms with van der Waals surface area (Å²) in [6, 6.07) is 1.33. The van der Waals surface area contributed by atoms with E-state index in [1.807, 2.05) is 0 Å². The van der Waals surface area contributed by atoms with Crippen LogP contribution < -0.4 is 5.32 Å². The molecule has 1 aliphatic heterocycles. The highest BCUT2D eigenvalue weighted by Gasteiger charge is 2.43. The molecule has 1 N–H and O–H groups in total. The second-order valence-corrected chi connectivity index (χ2v) is 5.63. The lowest BCUT2D eigenvalue weighted by molar-refractivity contribution is -0.139. The van der Waals surface area contributed by atoms with Crippen LogP contribution >= 0.6 is 0 Å². The Kier molecular flexibility index (Phi) is 4.07. The summed E-state index contributed by atoms with van der Waals surface area (Å²) in [7, 11) is 1.41. The van der Waals surface area contributed by atoms with Crippen LogP contribution in [0.15, 0.2) is 0 Å². The molecule has 1 atom stereocenters. The van der Waals surface area contributed by atoms with Gasteiger partial charge in [0.2, 0.25) is 11.8 Å². The number of imide groups is 1. The fraction of sp³-hybridized carbons (Fsp3) is 0.714. The highest BCUT2D eigenvalue weighted by molar-refractivity contribution is 6.07. The minimum atomic E-state index is -1.04. The van der Waals surface area contributed by atoms with E-state index < -0.39 is 23.3 Å². The second-order valence-electron chi connectivity index (χ2n) is 5.63. The van der Waals surface area contributed by atoms with E-state index in [4.69, 9.17) is 0 Å². The van der Waals surface area contributed by atoms with E-state index in [0.717, 1.165) is 30.6 Å². The van der Waals surface area contributed by atoms with Crippen molar-refractivity contribution in [2.45, 2.75) is 51.0 Å². The first kappa shape index (κ1) is 14.5. The van der Waals surface area contributed by atoms with Crippen LogP contribution in [0, 0.1) is 16.7 Å². The van der Waals surface area contributed by atoms with E-state index in [1.54, 1.807) is 0 Å². The second kappa shape index (κ2) is 5.61. The highest BCUT2D eigenvalue weighted by atomic mass is 16.2. The summed E-state index contributed by atoms with van der Waals surface area (Å²) < 4.78 is 0. The van der Waals surface area contributed by atoms with Crippen LogP contribution in [-0.4, -0.2) is 35.7 Å². The van der Waals surface area contributed by atoms with Crippen molar-refractivity contribution in [3.05, 3.63) is 0 Å². The van der Waals surface area contributed by atoms with Crippen LogP contribution in [0.5, 0.6) is 0 Å². The zero-order chi connectivity index (χ0) is 14.8. The predicted octanol–water partition coefficient (Wildman–Crippen LogP) is 0.724. The first-order valence-electron chi connectivity index (χ1n) is 7.03. The predicted molar refractivity (Wildman–Crippen MR) is 70.1 cm³/mol. The minimum Gasteiger partial charge on any atom is -0.342 e. The lowest BCUT2D eigenvalue weighted by atomic mass is 9.80. The van der Waals surface area contributed by atoms with Crippen molar-refractivity contribution < 1.29 is 14.4 Å². The van der Waals surface area contributed by atoms with Gasteiger partial charge in [0.25, 0.3) is 5.91 Å². The standard InChI is InChI=1S/C14H19N3O3/c1-17-11(18)8-10(12(17)19)16-13(20)14(9-15)6-4-2-3-5-7-14/h10H,2-8H2,1H3,(H,16,20). The Morgan fingerprint density at radius 1 is 1.30 bits per heavy atom. The van der Waals surface area contributed by atoms with Gasteiger partial charge in [0.05, 0.1) is 12.5 Å². The Morgan fingerprint density at radius 2 is 1.90 bits per heavy atom. The van der Waals surface area contributed by atoms with Gasteiger partial charge in [0.15, 0.2) is 0 Å². The van der Waals surface area contributed by atoms with Gasteiger partial charge >= 0.3 is 0 Å². The van der Waals surface area contributed by atoms with Crippen molar-refractivity contribution in [3.8, 4) is 6.07 Å². The van der Waals surface area contributed by atoms with Crippen molar-refractivity contribution in [2.75, 3.05) is 7.05 Å². The highest BCUT2D eigenvalue weighted by Crippen LogP contribution is 2.35. The van der Waals surface area contributed by atoms with Gasteiger partial charge in [-0.15, -0.1) is 0 Å². The number of nitriles is 1. The Hall–Kier alpha value is -1.90. The maximum absolute atomic E-state index is 12.4. The molecule has 0 radical (unpaired) electrons. The molecule has 3 amide bonds. The number of nitrogens with one attached hydrogen (secondary N) is 1. The molecule has 1 saturated carbocycles. The molecular formula is C14H19N3O3. The Labute approximate surface area is 118 Å². The summed E-state index contributed by atoms with van der Waals surface area (Å²) in [5.74, 6) is -1.10. The summed E-state index contributed by atoms with van der Waals surface area (Å²) >= 11 is 0. The van der Waals surface area contributed by atoms with E-state index in [9.17, 15) is 19.6 Å². The fourth-order valence-corrected chi connectivity index (χ4v) is 2.89. The van der Waals surface area contributed by atoms with Crippen molar-refractivity contribution in [2.24, 2.45) is 5.41 Å². The summed E-state index contributed by atoms with van der Waals surface area (Å²) in [4.78, 5) is 36.7. The van der Waals surface area contributed by atoms with Crippen LogP contribution in [0.3, 0.4) is 0 Å². The largest absolute Gasteiger partial charge is 0.342 e. The molecule has 1 saturated heterocycles. The third-order valence-corrected chi connectivity index (χ3v) is 4.29. The van der Waals surface area contributed by atoms with E-state index in [0.29, 0.717) is 12.8 Å². The quantitative estimate of drug-likeness (QED) is 0.595. The van der Waals surface area contributed by atoms with E-state index in [2.05, 4.69) is 11.4 Å². The van der Waals surface area contributed by atoms with Crippen LogP contribution in [-0.2, 0) is 14.4 Å². The first-order valence-corrected chi connectivity index (χ1v) is 7.03. The zero-order valence-electron chi connectivity index (χ0n) is 11.6. The molecule has 0 aromatic heterocycles. The third kappa shape index (κ3) is 2.53. The maximum atomic E-state index is 12.4. The van der Waals surface area contributed by atoms with Gasteiger partial charge < -0.3 is 5.32 Å². The molecule has 0 spiro atoms. The number of likely N-dealkylation sites (N-methyl/N-ethyl adjacent to an activating group) is 1. The molecule has 108 valence electrons. The van der Waals surface area contributed by atoms with Crippen molar-refractivity contribution in [3.63, 3.8) is 0 Å². The molecule has 1 aliphatic carbocycles. The Balaban J connectivity index is 2.09. The topological polar surface area (TPSA) is 90.3 Å². The van der Waals surface area contributed by atoms with Gasteiger partial charge in [0.1, 0.15) is 11.5 Å². The van der Waals surface area contributed by atoms with Gasteiger partial charge in [0, 0.05) is 7.05 Å². The van der Waals surface area contributed by atoms with Crippen LogP contribution in [0.25, 0.3) is 0 Å². The number of carbonyl (C=O) groups excluding carboxylic acids is 3. The van der Waals surface area contributed by atoms with Crippen LogP contribution in [0.2, 0.25) is 0 Å². The fourth-order valence-electron chi connectivity index (χ4n) is 2.89. The summed E-state index contributed by atoms with van der Waals surface area (Å²) in [5, 5.41) is 12.0. The van der Waals surface area contributed by atoms with Crippen LogP contribution in [0.1, 0.15) is 44.9 Å². The molecule has 1 heterocycles. The molecule has 0 bridgehead atoms. The van der Waals surface area contributed by atoms with Crippen molar-refractivity contribution in [1.82, 2.24) is 10.2 Å². The van der Waals surface area contributed by atoms with Gasteiger partial charge in [-0.2, -0.15) is 5.26 Å². The monoisotopic (exact) mass is 277 g/mol. The smallest absolute Gasteiger partial charge is 0.252 e. The Bertz CT molecular complexity index is 473. The number of hydrogen-bond donors (Lipinski definition) is 1. The molecule has 0 aromatic carbocycles. The number of rotatable bonds is 2. The first-order chi connectivity index (χ1) is 9.50. The van der Waals surface area contributed by atoms with Crippen molar-refractivity contribution >= 4 is 17.7 Å². The average molecular weight is 277 g/mol. The molecular weight excluding hydrogens is 258 g/mol. The maximum Gasteiger partial charge on any atom is 0.252 e. The molecule has 2 rings (SSSR count). The van der Waals surface area contributed by atoms with E-state index in [-0.39, 0.29) is 12.3 Å². The normalized spacial score (nSPS) is 26.0. The zero-order valence-corrected chi connectivity index (χ0v) is 11.6. The third-order valence-electron chi connectivity index (χ3n) is 4.29. The molecule has 2 aliphatic rings. The molecule has 1 unspecified atom stereocenters. The van der Waals surface area contributed by atoms with Gasteiger partial charge in [-0.3, -0.25) is 19.3 Å². The van der Waals surface area contributed by atoms with Gasteiger partial charge in [-0.05, 0) is 12.8 Å². The number of nitrogens with zero attached hydrogens (tertiary/aromatic N) is 2. The van der Waals surface area contributed by atoms with E-state index >= 15 is 0 Å². The summed E-state index contributed by atoms with van der Waals surface area (Å²) in [6.07, 6.45) is 4.79. The van der Waals surface area contributed by atoms with Crippen molar-refractivity contribution in [1.29, 1.82) is 5.26 Å². The molecule has 6 heteroatoms. The lowest BCUT2D eigenvalue weighted by Gasteiger charge is -2.25. The average Bonchev–Trinajstić information content (AvgIpc) is 2.67. The van der Waals surface area contributed by atoms with Gasteiger partial charge in [-0.1, -0.05) is 25.7 Å². The summed E-state index contributed by atoms with van der Waals surface area (Å²) in [5.41, 5.74) is -1.04. The minimum absolute atomic E-state index is 0.0113. The number of carbonyl (C=O) groups is 3. The van der Waals surface area contributed by atoms with Gasteiger partial charge in [-0.25, -0.2) is 0 Å². The molecule has 0 aromatic rings. The lowest BCUT2D eigenvalue weighted by Crippen LogP contribution is -2.47. The number of likely N-dealkylation sites (tertiary alicyclic amines) is 1. The number of amides is 3. The van der Waals surface area contributed by atoms with Crippen LogP contribution in [0.4, 0.5) is 0 Å². The Morgan fingerprint density at radius 3 is 2.35 bits per heavy atom. The SMILES string of the molecule is CN1C(=O)CC(NC(=O)C2(C#N)CCCCCC2)C1=O. The van der Waals surface area contributed by atoms with E-state index in [1.165, 1.54) is 7.05 Å². The summed E-state index contributed by atoms with van der Waals surface area (Å²) in [6.45, 7) is 0. The number of hydrogen-bond acceptors (Lipinski definition) is 4. The molecule has 20 heavy (non-hydrogen) atoms. The molecule has 6 nitrogen and oxygen atoms in total. The molecule has 2 fully saturated rings.